The van der Waals surface area contributed by atoms with Crippen LogP contribution in [-0.4, -0.2) is 11.6 Å². The van der Waals surface area contributed by atoms with Crippen LogP contribution < -0.4 is 4.90 Å². The molecule has 0 atom stereocenters. The SMILES string of the molecule is CC(C)(C)c1ccc(N(c2ccc(C(C)(C)C)cc2)c2ccc3c(c2)C(C)(C)c2cc(C=C4C(=O)c5ccccc5C4=O)sc2-3)cc1. The Hall–Kier alpha value is -4.54. The summed E-state index contributed by atoms with van der Waals surface area (Å²) < 4.78 is 0. The van der Waals surface area contributed by atoms with Crippen LogP contribution in [0, 0.1) is 0 Å². The first-order valence-corrected chi connectivity index (χ1v) is 17.2. The van der Waals surface area contributed by atoms with Crippen molar-refractivity contribution in [2.45, 2.75) is 71.6 Å². The number of fused-ring (bicyclic) bond motifs is 4. The van der Waals surface area contributed by atoms with E-state index in [2.05, 4.69) is 133 Å². The fourth-order valence-electron chi connectivity index (χ4n) is 6.89. The minimum absolute atomic E-state index is 0.0733. The zero-order valence-electron chi connectivity index (χ0n) is 28.5. The lowest BCUT2D eigenvalue weighted by atomic mass is 9.82. The normalized spacial score (nSPS) is 15.0. The van der Waals surface area contributed by atoms with Gasteiger partial charge in [-0.25, -0.2) is 0 Å². The van der Waals surface area contributed by atoms with Crippen LogP contribution in [0.15, 0.2) is 103 Å². The van der Waals surface area contributed by atoms with Gasteiger partial charge in [0.15, 0.2) is 11.6 Å². The van der Waals surface area contributed by atoms with Crippen molar-refractivity contribution in [2.75, 3.05) is 4.90 Å². The maximum atomic E-state index is 13.1. The third-order valence-electron chi connectivity index (χ3n) is 9.78. The fraction of sp³-hybridized carbons (Fsp3) is 0.256. The third kappa shape index (κ3) is 5.20. The zero-order chi connectivity index (χ0) is 33.5. The van der Waals surface area contributed by atoms with Crippen LogP contribution in [0.5, 0.6) is 0 Å². The number of hydrogen-bond acceptors (Lipinski definition) is 4. The van der Waals surface area contributed by atoms with Gasteiger partial charge in [-0.15, -0.1) is 11.3 Å². The van der Waals surface area contributed by atoms with Crippen molar-refractivity contribution < 1.29 is 9.59 Å². The lowest BCUT2D eigenvalue weighted by Crippen LogP contribution is -2.17. The molecule has 1 aromatic heterocycles. The molecular weight excluding hydrogens is 595 g/mol. The number of allylic oxidation sites excluding steroid dienone is 1. The Labute approximate surface area is 282 Å². The Morgan fingerprint density at radius 1 is 0.596 bits per heavy atom. The fourth-order valence-corrected chi connectivity index (χ4v) is 8.19. The van der Waals surface area contributed by atoms with Gasteiger partial charge in [0.1, 0.15) is 0 Å². The number of nitrogens with zero attached hydrogens (tertiary/aromatic N) is 1. The van der Waals surface area contributed by atoms with Gasteiger partial charge in [-0.1, -0.05) is 110 Å². The lowest BCUT2D eigenvalue weighted by molar-refractivity contribution is 0.0990. The van der Waals surface area contributed by atoms with Crippen molar-refractivity contribution in [1.82, 2.24) is 0 Å². The Bertz CT molecular complexity index is 2000. The number of thiophene rings is 1. The van der Waals surface area contributed by atoms with E-state index >= 15 is 0 Å². The summed E-state index contributed by atoms with van der Waals surface area (Å²) in [5.74, 6) is -0.371. The van der Waals surface area contributed by atoms with Gasteiger partial charge >= 0.3 is 0 Å². The number of Topliss-reactive ketones (excluding diaryl/α,β-unsaturated/α-hetero) is 2. The number of anilines is 3. The van der Waals surface area contributed by atoms with Crippen LogP contribution in [0.4, 0.5) is 17.1 Å². The Kier molecular flexibility index (Phi) is 7.11. The number of carbonyl (C=O) groups is 2. The summed E-state index contributed by atoms with van der Waals surface area (Å²) in [5, 5.41) is 0. The largest absolute Gasteiger partial charge is 0.310 e. The highest BCUT2D eigenvalue weighted by Gasteiger charge is 2.39. The van der Waals surface area contributed by atoms with Crippen LogP contribution in [0.2, 0.25) is 0 Å². The van der Waals surface area contributed by atoms with E-state index in [4.69, 9.17) is 0 Å². The highest BCUT2D eigenvalue weighted by atomic mass is 32.1. The molecule has 4 heteroatoms. The highest BCUT2D eigenvalue weighted by Crippen LogP contribution is 2.54. The topological polar surface area (TPSA) is 37.4 Å². The average molecular weight is 636 g/mol. The van der Waals surface area contributed by atoms with Crippen molar-refractivity contribution in [1.29, 1.82) is 0 Å². The number of benzene rings is 4. The minimum atomic E-state index is -0.252. The summed E-state index contributed by atoms with van der Waals surface area (Å²) in [6.45, 7) is 18.0. The maximum Gasteiger partial charge on any atom is 0.197 e. The zero-order valence-corrected chi connectivity index (χ0v) is 29.3. The van der Waals surface area contributed by atoms with E-state index in [1.54, 1.807) is 29.5 Å². The van der Waals surface area contributed by atoms with Crippen LogP contribution in [-0.2, 0) is 16.2 Å². The number of ketones is 2. The molecule has 0 fully saturated rings. The predicted molar refractivity (Wildman–Crippen MR) is 197 cm³/mol. The van der Waals surface area contributed by atoms with E-state index in [1.807, 2.05) is 12.1 Å². The standard InChI is InChI=1S/C43H41NO2S/c1-41(2,3)26-13-17-28(18-14-26)44(29-19-15-27(16-20-29)42(4,5)6)30-21-22-34-36(23-30)43(7,8)37-25-31(47-40(34)37)24-35-38(45)32-11-9-10-12-33(32)39(35)46/h9-25H,1-8H3. The van der Waals surface area contributed by atoms with Crippen LogP contribution >= 0.6 is 11.3 Å². The molecule has 0 unspecified atom stereocenters. The summed E-state index contributed by atoms with van der Waals surface area (Å²) >= 11 is 1.66. The monoisotopic (exact) mass is 635 g/mol. The molecule has 2 aliphatic carbocycles. The van der Waals surface area contributed by atoms with E-state index in [1.165, 1.54) is 32.7 Å². The molecule has 0 spiro atoms. The Morgan fingerprint density at radius 3 is 1.57 bits per heavy atom. The first-order chi connectivity index (χ1) is 22.1. The van der Waals surface area contributed by atoms with Gasteiger partial charge in [0, 0.05) is 43.4 Å². The summed E-state index contributed by atoms with van der Waals surface area (Å²) in [7, 11) is 0. The molecule has 2 aliphatic rings. The molecule has 7 rings (SSSR count). The van der Waals surface area contributed by atoms with Crippen molar-refractivity contribution in [3.05, 3.63) is 141 Å². The molecule has 4 aromatic carbocycles. The van der Waals surface area contributed by atoms with Crippen molar-refractivity contribution >= 4 is 46.0 Å². The summed E-state index contributed by atoms with van der Waals surface area (Å²) in [6, 6.07) is 34.0. The molecule has 47 heavy (non-hydrogen) atoms. The quantitative estimate of drug-likeness (QED) is 0.146. The number of hydrogen-bond donors (Lipinski definition) is 0. The number of carbonyl (C=O) groups excluding carboxylic acids is 2. The van der Waals surface area contributed by atoms with Gasteiger partial charge < -0.3 is 4.90 Å². The van der Waals surface area contributed by atoms with E-state index in [0.717, 1.165) is 21.9 Å². The molecule has 0 amide bonds. The first kappa shape index (κ1) is 31.1. The van der Waals surface area contributed by atoms with Crippen molar-refractivity contribution in [2.24, 2.45) is 0 Å². The number of rotatable bonds is 4. The first-order valence-electron chi connectivity index (χ1n) is 16.4. The molecule has 0 radical (unpaired) electrons. The van der Waals surface area contributed by atoms with E-state index in [-0.39, 0.29) is 33.4 Å². The van der Waals surface area contributed by atoms with Gasteiger partial charge in [0.2, 0.25) is 0 Å². The smallest absolute Gasteiger partial charge is 0.197 e. The summed E-state index contributed by atoms with van der Waals surface area (Å²) in [6.07, 6.45) is 1.79. The molecule has 0 saturated carbocycles. The molecule has 3 nitrogen and oxygen atoms in total. The molecule has 0 N–H and O–H groups in total. The van der Waals surface area contributed by atoms with E-state index < -0.39 is 0 Å². The minimum Gasteiger partial charge on any atom is -0.310 e. The molecular formula is C43H41NO2S. The third-order valence-corrected chi connectivity index (χ3v) is 10.9. The van der Waals surface area contributed by atoms with E-state index in [9.17, 15) is 9.59 Å². The molecule has 236 valence electrons. The molecule has 1 heterocycles. The molecule has 0 aliphatic heterocycles. The Balaban J connectivity index is 1.29. The highest BCUT2D eigenvalue weighted by molar-refractivity contribution is 7.16. The Morgan fingerprint density at radius 2 is 1.09 bits per heavy atom. The second kappa shape index (κ2) is 10.7. The average Bonchev–Trinajstić information content (AvgIpc) is 3.63. The van der Waals surface area contributed by atoms with Gasteiger partial charge in [-0.2, -0.15) is 0 Å². The second-order valence-corrected chi connectivity index (χ2v) is 16.5. The van der Waals surface area contributed by atoms with Crippen molar-refractivity contribution in [3.63, 3.8) is 0 Å². The van der Waals surface area contributed by atoms with Gasteiger partial charge in [-0.3, -0.25) is 9.59 Å². The van der Waals surface area contributed by atoms with Crippen LogP contribution in [0.3, 0.4) is 0 Å². The predicted octanol–water partition coefficient (Wildman–Crippen LogP) is 11.6. The van der Waals surface area contributed by atoms with Gasteiger partial charge in [0.25, 0.3) is 0 Å². The molecule has 0 bridgehead atoms. The van der Waals surface area contributed by atoms with Crippen LogP contribution in [0.1, 0.15) is 103 Å². The van der Waals surface area contributed by atoms with Crippen molar-refractivity contribution in [3.8, 4) is 10.4 Å². The maximum absolute atomic E-state index is 13.1. The second-order valence-electron chi connectivity index (χ2n) is 15.4. The van der Waals surface area contributed by atoms with Gasteiger partial charge in [0.05, 0.1) is 5.57 Å². The van der Waals surface area contributed by atoms with E-state index in [0.29, 0.717) is 11.1 Å². The summed E-state index contributed by atoms with van der Waals surface area (Å²) in [5.41, 5.74) is 10.8. The lowest BCUT2D eigenvalue weighted by Gasteiger charge is -2.29. The van der Waals surface area contributed by atoms with Crippen LogP contribution in [0.25, 0.3) is 16.5 Å². The van der Waals surface area contributed by atoms with Gasteiger partial charge in [-0.05, 0) is 87.2 Å². The summed E-state index contributed by atoms with van der Waals surface area (Å²) in [4.78, 5) is 30.7. The molecule has 5 aromatic rings. The molecule has 0 saturated heterocycles.